The van der Waals surface area contributed by atoms with Crippen LogP contribution in [0.1, 0.15) is 17.3 Å². The first-order valence-electron chi connectivity index (χ1n) is 7.62. The monoisotopic (exact) mass is 416 g/mol. The molecule has 26 heavy (non-hydrogen) atoms. The molecule has 0 aliphatic carbocycles. The van der Waals surface area contributed by atoms with Crippen molar-refractivity contribution in [2.45, 2.75) is 11.8 Å². The zero-order valence-corrected chi connectivity index (χ0v) is 16.7. The Labute approximate surface area is 162 Å². The smallest absolute Gasteiger partial charge is 0.257 e. The molecule has 0 heterocycles. The van der Waals surface area contributed by atoms with Crippen LogP contribution in [0.15, 0.2) is 41.3 Å². The number of carbonyl (C=O) groups is 1. The van der Waals surface area contributed by atoms with Gasteiger partial charge in [-0.1, -0.05) is 23.2 Å². The van der Waals surface area contributed by atoms with Gasteiger partial charge in [-0.15, -0.1) is 0 Å². The Morgan fingerprint density at radius 2 is 1.73 bits per heavy atom. The minimum atomic E-state index is -3.82. The molecule has 1 N–H and O–H groups in total. The molecular formula is C17H18Cl2N2O4S. The lowest BCUT2D eigenvalue weighted by Gasteiger charge is -2.15. The van der Waals surface area contributed by atoms with Gasteiger partial charge in [-0.05, 0) is 43.3 Å². The fourth-order valence-electron chi connectivity index (χ4n) is 2.10. The van der Waals surface area contributed by atoms with Crippen LogP contribution in [0.2, 0.25) is 10.0 Å². The number of hydrogen-bond acceptors (Lipinski definition) is 4. The SMILES string of the molecule is CCOc1ccc(NC(=O)c2cc(S(=O)(=O)N(C)C)c(Cl)cc2Cl)cc1. The van der Waals surface area contributed by atoms with E-state index in [1.807, 2.05) is 6.92 Å². The summed E-state index contributed by atoms with van der Waals surface area (Å²) in [4.78, 5) is 12.3. The molecule has 2 aromatic carbocycles. The average molecular weight is 417 g/mol. The van der Waals surface area contributed by atoms with Crippen LogP contribution in [0.4, 0.5) is 5.69 Å². The van der Waals surface area contributed by atoms with E-state index in [9.17, 15) is 13.2 Å². The zero-order chi connectivity index (χ0) is 19.5. The predicted octanol–water partition coefficient (Wildman–Crippen LogP) is 3.89. The molecule has 0 spiro atoms. The molecule has 140 valence electrons. The standard InChI is InChI=1S/C17H18Cl2N2O4S/c1-4-25-12-7-5-11(6-8-12)20-17(22)13-9-16(15(19)10-14(13)18)26(23,24)21(2)3/h5-10H,4H2,1-3H3,(H,20,22). The van der Waals surface area contributed by atoms with Crippen molar-refractivity contribution in [1.29, 1.82) is 0 Å². The van der Waals surface area contributed by atoms with Gasteiger partial charge in [0.05, 0.1) is 22.2 Å². The molecular weight excluding hydrogens is 399 g/mol. The molecule has 2 aromatic rings. The minimum absolute atomic E-state index is 0.00498. The Bertz CT molecular complexity index is 913. The second-order valence-corrected chi connectivity index (χ2v) is 8.40. The third-order valence-electron chi connectivity index (χ3n) is 3.45. The Morgan fingerprint density at radius 1 is 1.12 bits per heavy atom. The van der Waals surface area contributed by atoms with Gasteiger partial charge in [-0.25, -0.2) is 12.7 Å². The maximum absolute atomic E-state index is 12.5. The number of nitrogens with zero attached hydrogens (tertiary/aromatic N) is 1. The minimum Gasteiger partial charge on any atom is -0.494 e. The molecule has 0 bridgehead atoms. The van der Waals surface area contributed by atoms with Crippen LogP contribution >= 0.6 is 23.2 Å². The fraction of sp³-hybridized carbons (Fsp3) is 0.235. The van der Waals surface area contributed by atoms with E-state index in [0.29, 0.717) is 18.0 Å². The lowest BCUT2D eigenvalue weighted by molar-refractivity contribution is 0.102. The van der Waals surface area contributed by atoms with E-state index in [0.717, 1.165) is 4.31 Å². The van der Waals surface area contributed by atoms with Crippen molar-refractivity contribution in [3.8, 4) is 5.75 Å². The van der Waals surface area contributed by atoms with Gasteiger partial charge in [0, 0.05) is 19.8 Å². The molecule has 0 radical (unpaired) electrons. The van der Waals surface area contributed by atoms with Crippen molar-refractivity contribution >= 4 is 44.8 Å². The van der Waals surface area contributed by atoms with Crippen LogP contribution in [0.25, 0.3) is 0 Å². The van der Waals surface area contributed by atoms with Gasteiger partial charge >= 0.3 is 0 Å². The number of ether oxygens (including phenoxy) is 1. The van der Waals surface area contributed by atoms with Crippen molar-refractivity contribution in [3.63, 3.8) is 0 Å². The number of benzene rings is 2. The molecule has 0 saturated heterocycles. The van der Waals surface area contributed by atoms with E-state index in [4.69, 9.17) is 27.9 Å². The highest BCUT2D eigenvalue weighted by Crippen LogP contribution is 2.30. The number of rotatable bonds is 6. The predicted molar refractivity (Wildman–Crippen MR) is 103 cm³/mol. The summed E-state index contributed by atoms with van der Waals surface area (Å²) in [5.41, 5.74) is 0.520. The molecule has 9 heteroatoms. The highest BCUT2D eigenvalue weighted by Gasteiger charge is 2.24. The van der Waals surface area contributed by atoms with Crippen molar-refractivity contribution < 1.29 is 17.9 Å². The number of hydrogen-bond donors (Lipinski definition) is 1. The highest BCUT2D eigenvalue weighted by atomic mass is 35.5. The van der Waals surface area contributed by atoms with Crippen LogP contribution in [-0.4, -0.2) is 39.3 Å². The van der Waals surface area contributed by atoms with Crippen LogP contribution in [0, 0.1) is 0 Å². The lowest BCUT2D eigenvalue weighted by atomic mass is 10.2. The first-order chi connectivity index (χ1) is 12.2. The van der Waals surface area contributed by atoms with E-state index in [2.05, 4.69) is 5.32 Å². The van der Waals surface area contributed by atoms with E-state index >= 15 is 0 Å². The first-order valence-corrected chi connectivity index (χ1v) is 9.82. The summed E-state index contributed by atoms with van der Waals surface area (Å²) in [5.74, 6) is 0.125. The molecule has 0 fully saturated rings. The molecule has 0 atom stereocenters. The van der Waals surface area contributed by atoms with Gasteiger partial charge in [0.15, 0.2) is 0 Å². The lowest BCUT2D eigenvalue weighted by Crippen LogP contribution is -2.23. The number of carbonyl (C=O) groups excluding carboxylic acids is 1. The highest BCUT2D eigenvalue weighted by molar-refractivity contribution is 7.89. The number of amides is 1. The average Bonchev–Trinajstić information content (AvgIpc) is 2.56. The Balaban J connectivity index is 2.34. The topological polar surface area (TPSA) is 75.7 Å². The van der Waals surface area contributed by atoms with Crippen LogP contribution in [-0.2, 0) is 10.0 Å². The van der Waals surface area contributed by atoms with Crippen LogP contribution in [0.5, 0.6) is 5.75 Å². The Kier molecular flexibility index (Phi) is 6.52. The molecule has 0 aliphatic rings. The Hall–Kier alpha value is -1.80. The number of halogens is 2. The largest absolute Gasteiger partial charge is 0.494 e. The quantitative estimate of drug-likeness (QED) is 0.774. The van der Waals surface area contributed by atoms with Crippen molar-refractivity contribution in [3.05, 3.63) is 52.0 Å². The summed E-state index contributed by atoms with van der Waals surface area (Å²) in [5, 5.41) is 2.66. The summed E-state index contributed by atoms with van der Waals surface area (Å²) in [6.07, 6.45) is 0. The molecule has 6 nitrogen and oxygen atoms in total. The molecule has 0 aliphatic heterocycles. The maximum Gasteiger partial charge on any atom is 0.257 e. The van der Waals surface area contributed by atoms with Gasteiger partial charge in [0.1, 0.15) is 10.6 Å². The maximum atomic E-state index is 12.5. The summed E-state index contributed by atoms with van der Waals surface area (Å²) < 4.78 is 31.0. The van der Waals surface area contributed by atoms with E-state index in [1.165, 1.54) is 26.2 Å². The van der Waals surface area contributed by atoms with Crippen molar-refractivity contribution in [2.75, 3.05) is 26.0 Å². The fourth-order valence-corrected chi connectivity index (χ4v) is 3.82. The van der Waals surface area contributed by atoms with E-state index in [1.54, 1.807) is 24.3 Å². The summed E-state index contributed by atoms with van der Waals surface area (Å²) in [7, 11) is -1.07. The van der Waals surface area contributed by atoms with Gasteiger partial charge < -0.3 is 10.1 Å². The second kappa shape index (κ2) is 8.26. The first kappa shape index (κ1) is 20.5. The molecule has 2 rings (SSSR count). The third kappa shape index (κ3) is 4.48. The normalized spacial score (nSPS) is 11.5. The molecule has 0 unspecified atom stereocenters. The van der Waals surface area contributed by atoms with Gasteiger partial charge in [-0.3, -0.25) is 4.79 Å². The van der Waals surface area contributed by atoms with Gasteiger partial charge in [0.25, 0.3) is 5.91 Å². The molecule has 0 saturated carbocycles. The summed E-state index contributed by atoms with van der Waals surface area (Å²) in [6, 6.07) is 9.18. The molecule has 0 aromatic heterocycles. The number of anilines is 1. The number of nitrogens with one attached hydrogen (secondary N) is 1. The summed E-state index contributed by atoms with van der Waals surface area (Å²) >= 11 is 12.1. The zero-order valence-electron chi connectivity index (χ0n) is 14.4. The second-order valence-electron chi connectivity index (χ2n) is 5.46. The van der Waals surface area contributed by atoms with Crippen LogP contribution in [0.3, 0.4) is 0 Å². The number of sulfonamides is 1. The molecule has 1 amide bonds. The van der Waals surface area contributed by atoms with Crippen molar-refractivity contribution in [1.82, 2.24) is 4.31 Å². The summed E-state index contributed by atoms with van der Waals surface area (Å²) in [6.45, 7) is 2.41. The third-order valence-corrected chi connectivity index (χ3v) is 6.04. The van der Waals surface area contributed by atoms with E-state index < -0.39 is 15.9 Å². The Morgan fingerprint density at radius 3 is 2.27 bits per heavy atom. The van der Waals surface area contributed by atoms with Crippen LogP contribution < -0.4 is 10.1 Å². The van der Waals surface area contributed by atoms with Gasteiger partial charge in [0.2, 0.25) is 10.0 Å². The van der Waals surface area contributed by atoms with Crippen molar-refractivity contribution in [2.24, 2.45) is 0 Å². The van der Waals surface area contributed by atoms with Gasteiger partial charge in [-0.2, -0.15) is 0 Å². The van der Waals surface area contributed by atoms with E-state index in [-0.39, 0.29) is 20.5 Å².